The average Bonchev–Trinajstić information content (AvgIpc) is 2.38. The van der Waals surface area contributed by atoms with E-state index in [1.165, 1.54) is 11.8 Å². The van der Waals surface area contributed by atoms with Crippen LogP contribution in [0.2, 0.25) is 0 Å². The van der Waals surface area contributed by atoms with Gasteiger partial charge in [-0.3, -0.25) is 4.79 Å². The molecule has 1 rings (SSSR count). The Morgan fingerprint density at radius 3 is 2.79 bits per heavy atom. The number of aliphatic carboxylic acids is 1. The van der Waals surface area contributed by atoms with Crippen molar-refractivity contribution < 1.29 is 19.4 Å². The van der Waals surface area contributed by atoms with Crippen LogP contribution in [0.3, 0.4) is 0 Å². The molecule has 1 N–H and O–H groups in total. The molecule has 0 heterocycles. The van der Waals surface area contributed by atoms with Gasteiger partial charge in [-0.1, -0.05) is 24.3 Å². The largest absolute Gasteiger partial charge is 0.478 e. The van der Waals surface area contributed by atoms with Crippen molar-refractivity contribution in [1.29, 1.82) is 0 Å². The molecule has 1 aromatic carbocycles. The highest BCUT2D eigenvalue weighted by Crippen LogP contribution is 2.18. The van der Waals surface area contributed by atoms with Crippen molar-refractivity contribution in [3.05, 3.63) is 41.5 Å². The molecule has 0 fully saturated rings. The molecule has 102 valence electrons. The van der Waals surface area contributed by atoms with Crippen molar-refractivity contribution in [2.24, 2.45) is 0 Å². The summed E-state index contributed by atoms with van der Waals surface area (Å²) in [6.45, 7) is 2.16. The van der Waals surface area contributed by atoms with Crippen LogP contribution in [0, 0.1) is 0 Å². The van der Waals surface area contributed by atoms with Gasteiger partial charge in [0.2, 0.25) is 0 Å². The Bertz CT molecular complexity index is 468. The minimum Gasteiger partial charge on any atom is -0.478 e. The van der Waals surface area contributed by atoms with Gasteiger partial charge in [-0.05, 0) is 24.1 Å². The van der Waals surface area contributed by atoms with Crippen molar-refractivity contribution in [2.45, 2.75) is 12.7 Å². The lowest BCUT2D eigenvalue weighted by atomic mass is 10.1. The maximum atomic E-state index is 11.2. The summed E-state index contributed by atoms with van der Waals surface area (Å²) in [5, 5.41) is 8.62. The monoisotopic (exact) mass is 280 g/mol. The van der Waals surface area contributed by atoms with Crippen molar-refractivity contribution >= 4 is 29.8 Å². The van der Waals surface area contributed by atoms with Crippen LogP contribution in [0.4, 0.5) is 0 Å². The van der Waals surface area contributed by atoms with Gasteiger partial charge in [-0.15, -0.1) is 11.8 Å². The fourth-order valence-corrected chi connectivity index (χ4v) is 2.27. The fraction of sp³-hybridized carbons (Fsp3) is 0.286. The van der Waals surface area contributed by atoms with E-state index in [-0.39, 0.29) is 5.97 Å². The number of carbonyl (C=O) groups is 2. The highest BCUT2D eigenvalue weighted by molar-refractivity contribution is 7.99. The molecule has 0 amide bonds. The van der Waals surface area contributed by atoms with Crippen molar-refractivity contribution in [3.8, 4) is 0 Å². The lowest BCUT2D eigenvalue weighted by Gasteiger charge is -2.05. The number of carboxylic acid groups (broad SMARTS) is 1. The summed E-state index contributed by atoms with van der Waals surface area (Å²) in [6.07, 6.45) is 2.66. The SMILES string of the molecule is CCOC(=O)CSCc1ccccc1/C=C/C(=O)O. The Balaban J connectivity index is 2.58. The molecule has 0 spiro atoms. The minimum atomic E-state index is -0.978. The third-order valence-electron chi connectivity index (χ3n) is 2.24. The number of carboxylic acids is 1. The van der Waals surface area contributed by atoms with Crippen LogP contribution in [0.25, 0.3) is 6.08 Å². The Hall–Kier alpha value is -1.75. The van der Waals surface area contributed by atoms with Crippen LogP contribution >= 0.6 is 11.8 Å². The molecule has 0 saturated heterocycles. The molecule has 0 aliphatic carbocycles. The van der Waals surface area contributed by atoms with Gasteiger partial charge in [0.1, 0.15) is 0 Å². The Kier molecular flexibility index (Phi) is 6.74. The predicted octanol–water partition coefficient (Wildman–Crippen LogP) is 2.58. The molecule has 5 heteroatoms. The molecule has 0 radical (unpaired) electrons. The van der Waals surface area contributed by atoms with Gasteiger partial charge in [0.15, 0.2) is 0 Å². The van der Waals surface area contributed by atoms with Crippen LogP contribution in [0.15, 0.2) is 30.3 Å². The molecule has 0 aliphatic heterocycles. The standard InChI is InChI=1S/C14H16O4S/c1-2-18-14(17)10-19-9-12-6-4-3-5-11(12)7-8-13(15)16/h3-8H,2,9-10H2,1H3,(H,15,16)/b8-7+. The van der Waals surface area contributed by atoms with Gasteiger partial charge >= 0.3 is 11.9 Å². The van der Waals surface area contributed by atoms with Crippen LogP contribution in [-0.4, -0.2) is 29.4 Å². The van der Waals surface area contributed by atoms with Gasteiger partial charge in [0.05, 0.1) is 12.4 Å². The zero-order valence-corrected chi connectivity index (χ0v) is 11.5. The normalized spacial score (nSPS) is 10.6. The first-order valence-corrected chi connectivity index (χ1v) is 7.01. The molecule has 0 unspecified atom stereocenters. The summed E-state index contributed by atoms with van der Waals surface area (Å²) >= 11 is 1.45. The van der Waals surface area contributed by atoms with Gasteiger partial charge in [0.25, 0.3) is 0 Å². The van der Waals surface area contributed by atoms with E-state index in [9.17, 15) is 9.59 Å². The molecule has 0 bridgehead atoms. The first kappa shape index (κ1) is 15.3. The van der Waals surface area contributed by atoms with Crippen LogP contribution in [0.5, 0.6) is 0 Å². The lowest BCUT2D eigenvalue weighted by molar-refractivity contribution is -0.139. The van der Waals surface area contributed by atoms with E-state index in [1.54, 1.807) is 13.0 Å². The molecule has 0 atom stereocenters. The summed E-state index contributed by atoms with van der Waals surface area (Å²) in [5.41, 5.74) is 1.84. The first-order valence-electron chi connectivity index (χ1n) is 5.85. The summed E-state index contributed by atoms with van der Waals surface area (Å²) < 4.78 is 4.84. The van der Waals surface area contributed by atoms with Crippen molar-refractivity contribution in [2.75, 3.05) is 12.4 Å². The number of rotatable bonds is 7. The molecular formula is C14H16O4S. The quantitative estimate of drug-likeness (QED) is 0.614. The topological polar surface area (TPSA) is 63.6 Å². The highest BCUT2D eigenvalue weighted by atomic mass is 32.2. The zero-order chi connectivity index (χ0) is 14.1. The molecule has 0 aliphatic rings. The van der Waals surface area contributed by atoms with Gasteiger partial charge < -0.3 is 9.84 Å². The average molecular weight is 280 g/mol. The Labute approximate surface area is 116 Å². The second kappa shape index (κ2) is 8.37. The molecule has 0 saturated carbocycles. The maximum Gasteiger partial charge on any atom is 0.328 e. The number of thioether (sulfide) groups is 1. The molecule has 1 aromatic rings. The minimum absolute atomic E-state index is 0.231. The number of ether oxygens (including phenoxy) is 1. The molecule has 19 heavy (non-hydrogen) atoms. The zero-order valence-electron chi connectivity index (χ0n) is 10.7. The molecule has 0 aromatic heterocycles. The van der Waals surface area contributed by atoms with Crippen LogP contribution in [-0.2, 0) is 20.1 Å². The van der Waals surface area contributed by atoms with Crippen LogP contribution < -0.4 is 0 Å². The van der Waals surface area contributed by atoms with E-state index in [1.807, 2.05) is 24.3 Å². The maximum absolute atomic E-state index is 11.2. The lowest BCUT2D eigenvalue weighted by Crippen LogP contribution is -2.06. The van der Waals surface area contributed by atoms with E-state index in [0.717, 1.165) is 17.2 Å². The summed E-state index contributed by atoms with van der Waals surface area (Å²) in [4.78, 5) is 21.7. The molecule has 4 nitrogen and oxygen atoms in total. The Morgan fingerprint density at radius 1 is 1.37 bits per heavy atom. The number of hydrogen-bond acceptors (Lipinski definition) is 4. The highest BCUT2D eigenvalue weighted by Gasteiger charge is 2.04. The van der Waals surface area contributed by atoms with Crippen molar-refractivity contribution in [1.82, 2.24) is 0 Å². The molecular weight excluding hydrogens is 264 g/mol. The number of carbonyl (C=O) groups excluding carboxylic acids is 1. The smallest absolute Gasteiger partial charge is 0.328 e. The summed E-state index contributed by atoms with van der Waals surface area (Å²) in [7, 11) is 0. The second-order valence-electron chi connectivity index (χ2n) is 3.67. The number of esters is 1. The summed E-state index contributed by atoms with van der Waals surface area (Å²) in [5.74, 6) is -0.274. The van der Waals surface area contributed by atoms with Gasteiger partial charge in [-0.2, -0.15) is 0 Å². The van der Waals surface area contributed by atoms with E-state index >= 15 is 0 Å². The Morgan fingerprint density at radius 2 is 2.11 bits per heavy atom. The summed E-state index contributed by atoms with van der Waals surface area (Å²) in [6, 6.07) is 7.50. The number of hydrogen-bond donors (Lipinski definition) is 1. The van der Waals surface area contributed by atoms with E-state index in [4.69, 9.17) is 9.84 Å². The fourth-order valence-electron chi connectivity index (χ4n) is 1.44. The van der Waals surface area contributed by atoms with E-state index in [2.05, 4.69) is 0 Å². The number of benzene rings is 1. The third kappa shape index (κ3) is 6.10. The first-order chi connectivity index (χ1) is 9.13. The predicted molar refractivity (Wildman–Crippen MR) is 75.9 cm³/mol. The van der Waals surface area contributed by atoms with Crippen LogP contribution in [0.1, 0.15) is 18.1 Å². The van der Waals surface area contributed by atoms with Gasteiger partial charge in [0, 0.05) is 11.8 Å². The van der Waals surface area contributed by atoms with E-state index < -0.39 is 5.97 Å². The third-order valence-corrected chi connectivity index (χ3v) is 3.20. The van der Waals surface area contributed by atoms with Crippen molar-refractivity contribution in [3.63, 3.8) is 0 Å². The van der Waals surface area contributed by atoms with E-state index in [0.29, 0.717) is 18.1 Å². The van der Waals surface area contributed by atoms with Gasteiger partial charge in [-0.25, -0.2) is 4.79 Å². The second-order valence-corrected chi connectivity index (χ2v) is 4.65.